The third-order valence-corrected chi connectivity index (χ3v) is 3.08. The van der Waals surface area contributed by atoms with Gasteiger partial charge < -0.3 is 10.1 Å². The Morgan fingerprint density at radius 3 is 2.95 bits per heavy atom. The van der Waals surface area contributed by atoms with E-state index in [9.17, 15) is 0 Å². The van der Waals surface area contributed by atoms with Crippen LogP contribution >= 0.6 is 0 Å². The summed E-state index contributed by atoms with van der Waals surface area (Å²) in [7, 11) is 1.70. The van der Waals surface area contributed by atoms with Crippen LogP contribution in [0, 0.1) is 0 Å². The van der Waals surface area contributed by atoms with Crippen molar-refractivity contribution >= 4 is 11.5 Å². The highest BCUT2D eigenvalue weighted by Gasteiger charge is 2.06. The second-order valence-electron chi connectivity index (χ2n) is 4.39. The molecular formula is C14H15N5O. The Morgan fingerprint density at radius 2 is 2.10 bits per heavy atom. The van der Waals surface area contributed by atoms with Crippen LogP contribution in [-0.2, 0) is 17.9 Å². The molecule has 0 bridgehead atoms. The van der Waals surface area contributed by atoms with Crippen molar-refractivity contribution in [3.63, 3.8) is 0 Å². The van der Waals surface area contributed by atoms with Crippen LogP contribution in [-0.4, -0.2) is 26.7 Å². The summed E-state index contributed by atoms with van der Waals surface area (Å²) in [4.78, 5) is 4.30. The Kier molecular flexibility index (Phi) is 3.56. The van der Waals surface area contributed by atoms with Gasteiger partial charge in [0.05, 0.1) is 6.61 Å². The van der Waals surface area contributed by atoms with Crippen molar-refractivity contribution in [2.24, 2.45) is 0 Å². The number of hydrogen-bond donors (Lipinski definition) is 1. The largest absolute Gasteiger partial charge is 0.380 e. The second kappa shape index (κ2) is 5.66. The fourth-order valence-electron chi connectivity index (χ4n) is 2.09. The summed E-state index contributed by atoms with van der Waals surface area (Å²) in [5.74, 6) is 0.720. The first-order valence-corrected chi connectivity index (χ1v) is 6.32. The molecule has 6 nitrogen and oxygen atoms in total. The maximum atomic E-state index is 5.21. The number of ether oxygens (including phenoxy) is 1. The van der Waals surface area contributed by atoms with Gasteiger partial charge in [-0.1, -0.05) is 24.3 Å². The van der Waals surface area contributed by atoms with Gasteiger partial charge in [0.15, 0.2) is 5.82 Å². The van der Waals surface area contributed by atoms with Gasteiger partial charge in [-0.15, -0.1) is 10.2 Å². The molecule has 0 saturated carbocycles. The van der Waals surface area contributed by atoms with E-state index in [-0.39, 0.29) is 0 Å². The minimum absolute atomic E-state index is 0.598. The van der Waals surface area contributed by atoms with Crippen molar-refractivity contribution in [1.29, 1.82) is 0 Å². The SMILES string of the molecule is COCc1ccccc1CNc1nccn2cnnc12. The quantitative estimate of drug-likeness (QED) is 0.766. The molecule has 0 amide bonds. The molecule has 0 fully saturated rings. The number of nitrogens with zero attached hydrogens (tertiary/aromatic N) is 4. The number of aromatic nitrogens is 4. The molecule has 0 aliphatic carbocycles. The van der Waals surface area contributed by atoms with E-state index in [1.165, 1.54) is 5.56 Å². The highest BCUT2D eigenvalue weighted by Crippen LogP contribution is 2.14. The Labute approximate surface area is 116 Å². The summed E-state index contributed by atoms with van der Waals surface area (Å²) in [5.41, 5.74) is 3.06. The van der Waals surface area contributed by atoms with Crippen LogP contribution in [0.3, 0.4) is 0 Å². The molecule has 3 rings (SSSR count). The summed E-state index contributed by atoms with van der Waals surface area (Å²) < 4.78 is 7.04. The number of rotatable bonds is 5. The zero-order valence-corrected chi connectivity index (χ0v) is 11.2. The molecule has 2 aromatic heterocycles. The third-order valence-electron chi connectivity index (χ3n) is 3.08. The van der Waals surface area contributed by atoms with E-state index in [4.69, 9.17) is 4.74 Å². The minimum Gasteiger partial charge on any atom is -0.380 e. The predicted molar refractivity (Wildman–Crippen MR) is 75.3 cm³/mol. The van der Waals surface area contributed by atoms with Crippen LogP contribution in [0.4, 0.5) is 5.82 Å². The van der Waals surface area contributed by atoms with Crippen molar-refractivity contribution in [3.8, 4) is 0 Å². The van der Waals surface area contributed by atoms with Crippen LogP contribution in [0.2, 0.25) is 0 Å². The molecule has 0 unspecified atom stereocenters. The Morgan fingerprint density at radius 1 is 1.25 bits per heavy atom. The first kappa shape index (κ1) is 12.6. The highest BCUT2D eigenvalue weighted by atomic mass is 16.5. The van der Waals surface area contributed by atoms with Crippen molar-refractivity contribution in [2.75, 3.05) is 12.4 Å². The molecule has 2 heterocycles. The lowest BCUT2D eigenvalue weighted by molar-refractivity contribution is 0.184. The summed E-state index contributed by atoms with van der Waals surface area (Å²) in [6, 6.07) is 8.16. The van der Waals surface area contributed by atoms with E-state index in [1.807, 2.05) is 22.7 Å². The zero-order valence-electron chi connectivity index (χ0n) is 11.2. The topological polar surface area (TPSA) is 64.3 Å². The molecule has 6 heteroatoms. The van der Waals surface area contributed by atoms with E-state index < -0.39 is 0 Å². The van der Waals surface area contributed by atoms with Crippen LogP contribution < -0.4 is 5.32 Å². The first-order valence-electron chi connectivity index (χ1n) is 6.32. The van der Waals surface area contributed by atoms with Gasteiger partial charge in [-0.25, -0.2) is 4.98 Å². The van der Waals surface area contributed by atoms with Gasteiger partial charge in [-0.05, 0) is 11.1 Å². The molecule has 1 N–H and O–H groups in total. The lowest BCUT2D eigenvalue weighted by Crippen LogP contribution is -2.06. The molecule has 0 radical (unpaired) electrons. The third kappa shape index (κ3) is 2.46. The van der Waals surface area contributed by atoms with E-state index in [2.05, 4.69) is 32.6 Å². The molecule has 0 saturated heterocycles. The summed E-state index contributed by atoms with van der Waals surface area (Å²) in [5, 5.41) is 11.2. The van der Waals surface area contributed by atoms with Crippen molar-refractivity contribution in [3.05, 3.63) is 54.1 Å². The number of anilines is 1. The number of hydrogen-bond acceptors (Lipinski definition) is 5. The molecule has 0 aliphatic heterocycles. The maximum Gasteiger partial charge on any atom is 0.203 e. The van der Waals surface area contributed by atoms with Gasteiger partial charge in [0.2, 0.25) is 5.65 Å². The molecule has 102 valence electrons. The van der Waals surface area contributed by atoms with E-state index >= 15 is 0 Å². The second-order valence-corrected chi connectivity index (χ2v) is 4.39. The average Bonchev–Trinajstić information content (AvgIpc) is 2.96. The first-order chi connectivity index (χ1) is 9.88. The van der Waals surface area contributed by atoms with Gasteiger partial charge in [-0.2, -0.15) is 0 Å². The van der Waals surface area contributed by atoms with E-state index in [0.717, 1.165) is 17.0 Å². The standard InChI is InChI=1S/C14H15N5O/c1-20-9-12-5-3-2-4-11(12)8-16-13-14-18-17-10-19(14)7-6-15-13/h2-7,10H,8-9H2,1H3,(H,15,16). The Hall–Kier alpha value is -2.47. The minimum atomic E-state index is 0.598. The zero-order chi connectivity index (χ0) is 13.8. The van der Waals surface area contributed by atoms with Crippen molar-refractivity contribution in [1.82, 2.24) is 19.6 Å². The average molecular weight is 269 g/mol. The monoisotopic (exact) mass is 269 g/mol. The van der Waals surface area contributed by atoms with Gasteiger partial charge in [0.1, 0.15) is 6.33 Å². The lowest BCUT2D eigenvalue weighted by atomic mass is 10.1. The molecule has 20 heavy (non-hydrogen) atoms. The molecule has 0 aliphatic rings. The van der Waals surface area contributed by atoms with Gasteiger partial charge in [0.25, 0.3) is 0 Å². The number of nitrogens with one attached hydrogen (secondary N) is 1. The lowest BCUT2D eigenvalue weighted by Gasteiger charge is -2.10. The van der Waals surface area contributed by atoms with Crippen LogP contribution in [0.25, 0.3) is 5.65 Å². The summed E-state index contributed by atoms with van der Waals surface area (Å²) >= 11 is 0. The fraction of sp³-hybridized carbons (Fsp3) is 0.214. The Balaban J connectivity index is 1.81. The molecule has 0 atom stereocenters. The van der Waals surface area contributed by atoms with Crippen molar-refractivity contribution in [2.45, 2.75) is 13.2 Å². The van der Waals surface area contributed by atoms with Gasteiger partial charge in [0, 0.05) is 26.0 Å². The normalized spacial score (nSPS) is 10.8. The smallest absolute Gasteiger partial charge is 0.203 e. The van der Waals surface area contributed by atoms with Crippen LogP contribution in [0.1, 0.15) is 11.1 Å². The van der Waals surface area contributed by atoms with E-state index in [0.29, 0.717) is 13.2 Å². The number of fused-ring (bicyclic) bond motifs is 1. The predicted octanol–water partition coefficient (Wildman–Crippen LogP) is 1.88. The Bertz CT molecular complexity index is 709. The number of methoxy groups -OCH3 is 1. The van der Waals surface area contributed by atoms with Crippen molar-refractivity contribution < 1.29 is 4.74 Å². The fourth-order valence-corrected chi connectivity index (χ4v) is 2.09. The van der Waals surface area contributed by atoms with Gasteiger partial charge in [-0.3, -0.25) is 4.40 Å². The molecule has 3 aromatic rings. The highest BCUT2D eigenvalue weighted by molar-refractivity contribution is 5.61. The van der Waals surface area contributed by atoms with Crippen LogP contribution in [0.15, 0.2) is 43.0 Å². The number of benzene rings is 1. The molecular weight excluding hydrogens is 254 g/mol. The van der Waals surface area contributed by atoms with Crippen LogP contribution in [0.5, 0.6) is 0 Å². The van der Waals surface area contributed by atoms with Gasteiger partial charge >= 0.3 is 0 Å². The van der Waals surface area contributed by atoms with E-state index in [1.54, 1.807) is 19.6 Å². The molecule has 1 aromatic carbocycles. The molecule has 0 spiro atoms. The summed E-state index contributed by atoms with van der Waals surface area (Å²) in [6.45, 7) is 1.26. The summed E-state index contributed by atoms with van der Waals surface area (Å²) in [6.07, 6.45) is 5.19. The maximum absolute atomic E-state index is 5.21.